The van der Waals surface area contributed by atoms with Crippen LogP contribution in [0, 0.1) is 0 Å². The van der Waals surface area contributed by atoms with E-state index < -0.39 is 11.6 Å². The fourth-order valence-electron chi connectivity index (χ4n) is 2.22. The van der Waals surface area contributed by atoms with Gasteiger partial charge >= 0.3 is 0 Å². The van der Waals surface area contributed by atoms with Crippen LogP contribution in [0.15, 0.2) is 24.3 Å². The first-order valence-corrected chi connectivity index (χ1v) is 5.70. The molecule has 1 saturated carbocycles. The predicted octanol–water partition coefficient (Wildman–Crippen LogP) is 2.03. The van der Waals surface area contributed by atoms with Crippen molar-refractivity contribution in [2.24, 2.45) is 5.73 Å². The second kappa shape index (κ2) is 5.36. The molecule has 5 heteroatoms. The van der Waals surface area contributed by atoms with Crippen LogP contribution < -0.4 is 5.73 Å². The third-order valence-corrected chi connectivity index (χ3v) is 3.48. The molecule has 94 valence electrons. The molecule has 1 aliphatic rings. The second-order valence-corrected chi connectivity index (χ2v) is 4.63. The monoisotopic (exact) mass is 275 g/mol. The predicted molar refractivity (Wildman–Crippen MR) is 69.4 cm³/mol. The lowest BCUT2D eigenvalue weighted by Gasteiger charge is -2.35. The first kappa shape index (κ1) is 14.5. The Morgan fingerprint density at radius 1 is 1.41 bits per heavy atom. The first-order valence-electron chi connectivity index (χ1n) is 5.32. The van der Waals surface area contributed by atoms with Crippen LogP contribution in [0.4, 0.5) is 0 Å². The molecule has 0 unspecified atom stereocenters. The minimum Gasteiger partial charge on any atom is -0.385 e. The van der Waals surface area contributed by atoms with Gasteiger partial charge < -0.3 is 10.8 Å². The zero-order chi connectivity index (χ0) is 11.8. The van der Waals surface area contributed by atoms with Gasteiger partial charge in [-0.2, -0.15) is 0 Å². The highest BCUT2D eigenvalue weighted by molar-refractivity contribution is 6.31. The smallest absolute Gasteiger partial charge is 0.185 e. The highest BCUT2D eigenvalue weighted by atomic mass is 35.5. The fourth-order valence-corrected chi connectivity index (χ4v) is 2.52. The number of hydrogen-bond acceptors (Lipinski definition) is 3. The Labute approximate surface area is 111 Å². The summed E-state index contributed by atoms with van der Waals surface area (Å²) in [4.78, 5) is 12.0. The summed E-state index contributed by atoms with van der Waals surface area (Å²) in [5, 5.41) is 10.1. The molecule has 1 aromatic carbocycles. The van der Waals surface area contributed by atoms with E-state index in [-0.39, 0.29) is 18.2 Å². The van der Waals surface area contributed by atoms with E-state index in [9.17, 15) is 9.90 Å². The highest BCUT2D eigenvalue weighted by Gasteiger charge is 2.43. The zero-order valence-electron chi connectivity index (χ0n) is 9.23. The number of ketones is 1. The van der Waals surface area contributed by atoms with E-state index in [4.69, 9.17) is 17.3 Å². The molecule has 0 aliphatic heterocycles. The SMILES string of the molecule is Cl.N[C@]1(c2ccccc2Cl)CCC[C@H](O)C1=O. The molecule has 17 heavy (non-hydrogen) atoms. The third kappa shape index (κ3) is 2.47. The number of aliphatic hydroxyl groups excluding tert-OH is 1. The average molecular weight is 276 g/mol. The Kier molecular flexibility index (Phi) is 4.55. The summed E-state index contributed by atoms with van der Waals surface area (Å²) in [7, 11) is 0. The van der Waals surface area contributed by atoms with Crippen molar-refractivity contribution in [2.45, 2.75) is 30.9 Å². The molecule has 0 aromatic heterocycles. The molecule has 0 spiro atoms. The minimum atomic E-state index is -1.13. The largest absolute Gasteiger partial charge is 0.385 e. The Balaban J connectivity index is 0.00000144. The van der Waals surface area contributed by atoms with Crippen molar-refractivity contribution in [1.29, 1.82) is 0 Å². The average Bonchev–Trinajstić information content (AvgIpc) is 2.26. The molecule has 1 aliphatic carbocycles. The summed E-state index contributed by atoms with van der Waals surface area (Å²) in [6, 6.07) is 7.04. The quantitative estimate of drug-likeness (QED) is 0.825. The number of benzene rings is 1. The van der Waals surface area contributed by atoms with Gasteiger partial charge in [0.25, 0.3) is 0 Å². The number of nitrogens with two attached hydrogens (primary N) is 1. The summed E-state index contributed by atoms with van der Waals surface area (Å²) in [5.41, 5.74) is 5.60. The Bertz CT molecular complexity index is 425. The molecule has 0 amide bonds. The Hall–Kier alpha value is -0.610. The van der Waals surface area contributed by atoms with E-state index in [0.717, 1.165) is 6.42 Å². The number of Topliss-reactive ketones (excluding diaryl/α,β-unsaturated/α-hetero) is 1. The van der Waals surface area contributed by atoms with Gasteiger partial charge in [-0.05, 0) is 30.9 Å². The van der Waals surface area contributed by atoms with Crippen molar-refractivity contribution in [3.63, 3.8) is 0 Å². The molecule has 1 aromatic rings. The van der Waals surface area contributed by atoms with Crippen LogP contribution in [0.1, 0.15) is 24.8 Å². The molecule has 0 heterocycles. The van der Waals surface area contributed by atoms with Crippen LogP contribution in [0.25, 0.3) is 0 Å². The van der Waals surface area contributed by atoms with Crippen molar-refractivity contribution in [2.75, 3.05) is 0 Å². The molecule has 3 N–H and O–H groups in total. The molecule has 0 radical (unpaired) electrons. The number of carbonyl (C=O) groups excluding carboxylic acids is 1. The van der Waals surface area contributed by atoms with Gasteiger partial charge in [-0.1, -0.05) is 29.8 Å². The highest BCUT2D eigenvalue weighted by Crippen LogP contribution is 2.35. The number of rotatable bonds is 1. The van der Waals surface area contributed by atoms with E-state index in [0.29, 0.717) is 23.4 Å². The van der Waals surface area contributed by atoms with E-state index >= 15 is 0 Å². The minimum absolute atomic E-state index is 0. The van der Waals surface area contributed by atoms with Crippen LogP contribution in [-0.2, 0) is 10.3 Å². The van der Waals surface area contributed by atoms with Crippen molar-refractivity contribution in [3.05, 3.63) is 34.9 Å². The molecule has 2 atom stereocenters. The first-order chi connectivity index (χ1) is 7.55. The molecule has 2 rings (SSSR count). The lowest BCUT2D eigenvalue weighted by Crippen LogP contribution is -2.52. The van der Waals surface area contributed by atoms with E-state index in [2.05, 4.69) is 0 Å². The van der Waals surface area contributed by atoms with Gasteiger partial charge in [0.2, 0.25) is 0 Å². The van der Waals surface area contributed by atoms with Gasteiger partial charge in [0.1, 0.15) is 11.6 Å². The molecular formula is C12H15Cl2NO2. The Morgan fingerprint density at radius 3 is 2.71 bits per heavy atom. The van der Waals surface area contributed by atoms with Crippen LogP contribution >= 0.6 is 24.0 Å². The van der Waals surface area contributed by atoms with Crippen molar-refractivity contribution < 1.29 is 9.90 Å². The van der Waals surface area contributed by atoms with Crippen LogP contribution in [-0.4, -0.2) is 17.0 Å². The van der Waals surface area contributed by atoms with Gasteiger partial charge in [-0.15, -0.1) is 12.4 Å². The normalized spacial score (nSPS) is 28.6. The fraction of sp³-hybridized carbons (Fsp3) is 0.417. The van der Waals surface area contributed by atoms with Crippen LogP contribution in [0.2, 0.25) is 5.02 Å². The van der Waals surface area contributed by atoms with Crippen molar-refractivity contribution in [3.8, 4) is 0 Å². The van der Waals surface area contributed by atoms with Gasteiger partial charge in [0, 0.05) is 5.02 Å². The lowest BCUT2D eigenvalue weighted by atomic mass is 9.75. The maximum Gasteiger partial charge on any atom is 0.185 e. The summed E-state index contributed by atoms with van der Waals surface area (Å²) < 4.78 is 0. The van der Waals surface area contributed by atoms with E-state index in [1.54, 1.807) is 24.3 Å². The molecule has 3 nitrogen and oxygen atoms in total. The molecule has 0 bridgehead atoms. The molecule has 0 saturated heterocycles. The summed E-state index contributed by atoms with van der Waals surface area (Å²) >= 11 is 6.05. The number of hydrogen-bond donors (Lipinski definition) is 2. The standard InChI is InChI=1S/C12H14ClNO2.ClH/c13-9-5-2-1-4-8(9)12(14)7-3-6-10(15)11(12)16;/h1-2,4-5,10,15H,3,6-7,14H2;1H/t10-,12-;/m0./s1. The van der Waals surface area contributed by atoms with Crippen molar-refractivity contribution >= 4 is 29.8 Å². The number of carbonyl (C=O) groups is 1. The van der Waals surface area contributed by atoms with Gasteiger partial charge in [0.15, 0.2) is 5.78 Å². The maximum atomic E-state index is 12.0. The van der Waals surface area contributed by atoms with Gasteiger partial charge in [0.05, 0.1) is 0 Å². The lowest BCUT2D eigenvalue weighted by molar-refractivity contribution is -0.136. The number of aliphatic hydroxyl groups is 1. The molecular weight excluding hydrogens is 261 g/mol. The van der Waals surface area contributed by atoms with E-state index in [1.807, 2.05) is 0 Å². The summed E-state index contributed by atoms with van der Waals surface area (Å²) in [5.74, 6) is -0.327. The summed E-state index contributed by atoms with van der Waals surface area (Å²) in [6.07, 6.45) is 0.791. The topological polar surface area (TPSA) is 63.3 Å². The Morgan fingerprint density at radius 2 is 2.06 bits per heavy atom. The zero-order valence-corrected chi connectivity index (χ0v) is 10.8. The van der Waals surface area contributed by atoms with Crippen LogP contribution in [0.3, 0.4) is 0 Å². The second-order valence-electron chi connectivity index (χ2n) is 4.22. The maximum absolute atomic E-state index is 12.0. The van der Waals surface area contributed by atoms with Crippen LogP contribution in [0.5, 0.6) is 0 Å². The third-order valence-electron chi connectivity index (χ3n) is 3.15. The van der Waals surface area contributed by atoms with Gasteiger partial charge in [-0.25, -0.2) is 0 Å². The number of halogens is 2. The van der Waals surface area contributed by atoms with E-state index in [1.165, 1.54) is 0 Å². The molecule has 1 fully saturated rings. The summed E-state index contributed by atoms with van der Waals surface area (Å²) in [6.45, 7) is 0. The van der Waals surface area contributed by atoms with Crippen molar-refractivity contribution in [1.82, 2.24) is 0 Å². The van der Waals surface area contributed by atoms with Gasteiger partial charge in [-0.3, -0.25) is 4.79 Å².